The third-order valence-corrected chi connectivity index (χ3v) is 3.79. The zero-order chi connectivity index (χ0) is 13.1. The van der Waals surface area contributed by atoms with Crippen molar-refractivity contribution in [1.29, 1.82) is 0 Å². The first-order valence-corrected chi connectivity index (χ1v) is 6.44. The molecule has 0 aliphatic heterocycles. The Labute approximate surface area is 110 Å². The van der Waals surface area contributed by atoms with Gasteiger partial charge in [0.05, 0.1) is 0 Å². The van der Waals surface area contributed by atoms with Gasteiger partial charge in [-0.3, -0.25) is 11.3 Å². The van der Waals surface area contributed by atoms with Crippen LogP contribution in [0.25, 0.3) is 0 Å². The fourth-order valence-corrected chi connectivity index (χ4v) is 1.83. The average molecular weight is 255 g/mol. The van der Waals surface area contributed by atoms with E-state index in [9.17, 15) is 0 Å². The second kappa shape index (κ2) is 5.85. The highest BCUT2D eigenvalue weighted by atomic mass is 35.5. The molecule has 17 heavy (non-hydrogen) atoms. The third-order valence-electron chi connectivity index (χ3n) is 3.54. The Morgan fingerprint density at radius 1 is 1.24 bits per heavy atom. The van der Waals surface area contributed by atoms with Gasteiger partial charge in [-0.1, -0.05) is 51.4 Å². The van der Waals surface area contributed by atoms with Crippen LogP contribution in [0.5, 0.6) is 0 Å². The summed E-state index contributed by atoms with van der Waals surface area (Å²) in [5, 5.41) is 0.758. The summed E-state index contributed by atoms with van der Waals surface area (Å²) in [5.41, 5.74) is 4.38. The van der Waals surface area contributed by atoms with Gasteiger partial charge in [0.25, 0.3) is 0 Å². The van der Waals surface area contributed by atoms with Gasteiger partial charge in [0, 0.05) is 11.1 Å². The van der Waals surface area contributed by atoms with Crippen molar-refractivity contribution in [3.8, 4) is 0 Å². The number of halogens is 1. The van der Waals surface area contributed by atoms with E-state index in [4.69, 9.17) is 17.4 Å². The maximum Gasteiger partial charge on any atom is 0.0462 e. The van der Waals surface area contributed by atoms with Crippen molar-refractivity contribution in [2.24, 2.45) is 17.2 Å². The van der Waals surface area contributed by atoms with E-state index in [0.29, 0.717) is 11.3 Å². The van der Waals surface area contributed by atoms with Crippen molar-refractivity contribution in [2.75, 3.05) is 0 Å². The Balaban J connectivity index is 2.75. The van der Waals surface area contributed by atoms with Gasteiger partial charge in [0.2, 0.25) is 0 Å². The Morgan fingerprint density at radius 2 is 1.76 bits per heavy atom. The molecule has 0 spiro atoms. The van der Waals surface area contributed by atoms with Gasteiger partial charge < -0.3 is 0 Å². The van der Waals surface area contributed by atoms with E-state index in [0.717, 1.165) is 11.4 Å². The van der Waals surface area contributed by atoms with Crippen LogP contribution in [0.2, 0.25) is 5.02 Å². The predicted molar refractivity (Wildman–Crippen MR) is 74.8 cm³/mol. The van der Waals surface area contributed by atoms with Crippen LogP contribution in [0.3, 0.4) is 0 Å². The predicted octanol–water partition coefficient (Wildman–Crippen LogP) is 3.92. The van der Waals surface area contributed by atoms with E-state index in [-0.39, 0.29) is 6.04 Å². The number of nitrogens with one attached hydrogen (secondary N) is 1. The smallest absolute Gasteiger partial charge is 0.0462 e. The Kier molecular flexibility index (Phi) is 4.99. The van der Waals surface area contributed by atoms with Crippen molar-refractivity contribution in [3.05, 3.63) is 34.9 Å². The van der Waals surface area contributed by atoms with Gasteiger partial charge in [-0.2, -0.15) is 0 Å². The van der Waals surface area contributed by atoms with Gasteiger partial charge in [-0.05, 0) is 35.4 Å². The maximum absolute atomic E-state index is 5.89. The first-order chi connectivity index (χ1) is 7.84. The van der Waals surface area contributed by atoms with E-state index in [1.165, 1.54) is 5.56 Å². The normalized spacial score (nSPS) is 15.6. The Hall–Kier alpha value is -0.570. The Bertz CT molecular complexity index is 340. The minimum Gasteiger partial charge on any atom is -0.271 e. The molecule has 0 fully saturated rings. The first kappa shape index (κ1) is 14.5. The van der Waals surface area contributed by atoms with Crippen LogP contribution in [-0.4, -0.2) is 0 Å². The number of hydrogen-bond acceptors (Lipinski definition) is 2. The molecule has 3 N–H and O–H groups in total. The standard InChI is InChI=1S/C14H23ClN2/c1-10(14(2,3)4)9-13(17-16)11-5-7-12(15)8-6-11/h5-8,10,13,17H,9,16H2,1-4H3. The molecule has 2 unspecified atom stereocenters. The topological polar surface area (TPSA) is 38.0 Å². The second-order valence-electron chi connectivity index (χ2n) is 5.77. The molecule has 0 heterocycles. The molecule has 1 aromatic rings. The molecule has 0 saturated heterocycles. The highest BCUT2D eigenvalue weighted by Crippen LogP contribution is 2.33. The number of rotatable bonds is 4. The van der Waals surface area contributed by atoms with Crippen LogP contribution >= 0.6 is 11.6 Å². The lowest BCUT2D eigenvalue weighted by molar-refractivity contribution is 0.223. The maximum atomic E-state index is 5.89. The summed E-state index contributed by atoms with van der Waals surface area (Å²) >= 11 is 5.89. The number of benzene rings is 1. The van der Waals surface area contributed by atoms with Crippen molar-refractivity contribution in [1.82, 2.24) is 5.43 Å². The molecule has 0 saturated carbocycles. The van der Waals surface area contributed by atoms with Crippen LogP contribution in [0.4, 0.5) is 0 Å². The zero-order valence-corrected chi connectivity index (χ0v) is 11.9. The Morgan fingerprint density at radius 3 is 2.18 bits per heavy atom. The van der Waals surface area contributed by atoms with Crippen molar-refractivity contribution in [3.63, 3.8) is 0 Å². The van der Waals surface area contributed by atoms with Crippen LogP contribution in [-0.2, 0) is 0 Å². The molecule has 0 bridgehead atoms. The number of nitrogens with two attached hydrogens (primary N) is 1. The van der Waals surface area contributed by atoms with E-state index < -0.39 is 0 Å². The molecule has 0 aliphatic rings. The highest BCUT2D eigenvalue weighted by molar-refractivity contribution is 6.30. The SMILES string of the molecule is CC(CC(NN)c1ccc(Cl)cc1)C(C)(C)C. The van der Waals surface area contributed by atoms with E-state index in [1.807, 2.05) is 24.3 Å². The van der Waals surface area contributed by atoms with E-state index >= 15 is 0 Å². The van der Waals surface area contributed by atoms with Gasteiger partial charge >= 0.3 is 0 Å². The molecule has 2 nitrogen and oxygen atoms in total. The highest BCUT2D eigenvalue weighted by Gasteiger charge is 2.23. The van der Waals surface area contributed by atoms with Gasteiger partial charge in [0.1, 0.15) is 0 Å². The van der Waals surface area contributed by atoms with E-state index in [1.54, 1.807) is 0 Å². The summed E-state index contributed by atoms with van der Waals surface area (Å²) in [4.78, 5) is 0. The van der Waals surface area contributed by atoms with Crippen molar-refractivity contribution < 1.29 is 0 Å². The molecule has 0 radical (unpaired) electrons. The molecule has 1 aromatic carbocycles. The minimum atomic E-state index is 0.182. The van der Waals surface area contributed by atoms with Crippen LogP contribution in [0.1, 0.15) is 45.7 Å². The van der Waals surface area contributed by atoms with Gasteiger partial charge in [0.15, 0.2) is 0 Å². The van der Waals surface area contributed by atoms with Gasteiger partial charge in [-0.25, -0.2) is 0 Å². The molecule has 96 valence electrons. The van der Waals surface area contributed by atoms with Crippen molar-refractivity contribution >= 4 is 11.6 Å². The molecule has 3 heteroatoms. The lowest BCUT2D eigenvalue weighted by atomic mass is 9.78. The molecule has 0 aromatic heterocycles. The summed E-state index contributed by atoms with van der Waals surface area (Å²) in [7, 11) is 0. The zero-order valence-electron chi connectivity index (χ0n) is 11.1. The molecule has 2 atom stereocenters. The van der Waals surface area contributed by atoms with Gasteiger partial charge in [-0.15, -0.1) is 0 Å². The lowest BCUT2D eigenvalue weighted by Gasteiger charge is -2.30. The van der Waals surface area contributed by atoms with Crippen LogP contribution in [0, 0.1) is 11.3 Å². The monoisotopic (exact) mass is 254 g/mol. The van der Waals surface area contributed by atoms with E-state index in [2.05, 4.69) is 33.1 Å². The second-order valence-corrected chi connectivity index (χ2v) is 6.21. The minimum absolute atomic E-state index is 0.182. The molecule has 0 amide bonds. The summed E-state index contributed by atoms with van der Waals surface area (Å²) in [6, 6.07) is 8.05. The third kappa shape index (κ3) is 4.30. The quantitative estimate of drug-likeness (QED) is 0.631. The van der Waals surface area contributed by atoms with Crippen LogP contribution < -0.4 is 11.3 Å². The summed E-state index contributed by atoms with van der Waals surface area (Å²) in [5.74, 6) is 6.23. The molecule has 0 aliphatic carbocycles. The lowest BCUT2D eigenvalue weighted by Crippen LogP contribution is -2.31. The molecular formula is C14H23ClN2. The summed E-state index contributed by atoms with van der Waals surface area (Å²) in [6.07, 6.45) is 1.02. The summed E-state index contributed by atoms with van der Waals surface area (Å²) < 4.78 is 0. The van der Waals surface area contributed by atoms with Crippen LogP contribution in [0.15, 0.2) is 24.3 Å². The largest absolute Gasteiger partial charge is 0.271 e. The molecular weight excluding hydrogens is 232 g/mol. The van der Waals surface area contributed by atoms with Crippen molar-refractivity contribution in [2.45, 2.75) is 40.2 Å². The fraction of sp³-hybridized carbons (Fsp3) is 0.571. The molecule has 1 rings (SSSR count). The number of hydrazine groups is 1. The fourth-order valence-electron chi connectivity index (χ4n) is 1.70. The average Bonchev–Trinajstić information content (AvgIpc) is 2.25. The number of hydrogen-bond donors (Lipinski definition) is 2. The summed E-state index contributed by atoms with van der Waals surface area (Å²) in [6.45, 7) is 9.04. The first-order valence-electron chi connectivity index (χ1n) is 6.06.